The predicted molar refractivity (Wildman–Crippen MR) is 133 cm³/mol. The van der Waals surface area contributed by atoms with Crippen molar-refractivity contribution in [1.29, 1.82) is 0 Å². The van der Waals surface area contributed by atoms with Gasteiger partial charge in [-0.05, 0) is 54.6 Å². The number of methoxy groups -OCH3 is 1. The zero-order valence-electron chi connectivity index (χ0n) is 19.9. The third-order valence-electron chi connectivity index (χ3n) is 6.09. The molecule has 2 aromatic carbocycles. The molecule has 0 spiro atoms. The van der Waals surface area contributed by atoms with E-state index in [4.69, 9.17) is 9.47 Å². The van der Waals surface area contributed by atoms with Crippen LogP contribution in [0.25, 0.3) is 0 Å². The third-order valence-corrected chi connectivity index (χ3v) is 7.09. The van der Waals surface area contributed by atoms with Crippen LogP contribution >= 0.6 is 11.3 Å². The molecule has 3 aromatic rings. The van der Waals surface area contributed by atoms with Gasteiger partial charge in [0.1, 0.15) is 13.2 Å². The summed E-state index contributed by atoms with van der Waals surface area (Å²) in [7, 11) is 1.57. The molecule has 0 aliphatic carbocycles. The summed E-state index contributed by atoms with van der Waals surface area (Å²) in [6, 6.07) is 15.2. The van der Waals surface area contributed by atoms with E-state index in [-0.39, 0.29) is 36.8 Å². The molecule has 1 atom stereocenters. The van der Waals surface area contributed by atoms with E-state index < -0.39 is 5.82 Å². The maximum atomic E-state index is 14.1. The van der Waals surface area contributed by atoms with Gasteiger partial charge in [0.25, 0.3) is 5.91 Å². The highest BCUT2D eigenvalue weighted by Gasteiger charge is 2.33. The highest BCUT2D eigenvalue weighted by Crippen LogP contribution is 2.34. The molecule has 1 aliphatic heterocycles. The lowest BCUT2D eigenvalue weighted by molar-refractivity contribution is -0.135. The zero-order chi connectivity index (χ0) is 24.8. The Morgan fingerprint density at radius 1 is 1.17 bits per heavy atom. The Labute approximate surface area is 208 Å². The third kappa shape index (κ3) is 5.89. The van der Waals surface area contributed by atoms with Crippen molar-refractivity contribution in [2.24, 2.45) is 0 Å². The van der Waals surface area contributed by atoms with E-state index in [1.165, 1.54) is 15.8 Å². The number of carbonyl (C=O) groups excluding carboxylic acids is 2. The van der Waals surface area contributed by atoms with Crippen molar-refractivity contribution in [2.75, 3.05) is 40.0 Å². The molecule has 1 unspecified atom stereocenters. The summed E-state index contributed by atoms with van der Waals surface area (Å²) in [6.07, 6.45) is 0.735. The van der Waals surface area contributed by atoms with Crippen LogP contribution in [0.15, 0.2) is 60.0 Å². The number of para-hydroxylation sites is 1. The molecule has 1 aromatic heterocycles. The second-order valence-electron chi connectivity index (χ2n) is 8.48. The molecule has 4 rings (SSSR count). The summed E-state index contributed by atoms with van der Waals surface area (Å²) in [5, 5.41) is 2.00. The Hall–Kier alpha value is -3.23. The summed E-state index contributed by atoms with van der Waals surface area (Å²) in [6.45, 7) is 3.09. The number of halogens is 1. The first-order valence-corrected chi connectivity index (χ1v) is 12.4. The molecule has 8 heteroatoms. The van der Waals surface area contributed by atoms with Gasteiger partial charge in [-0.25, -0.2) is 4.39 Å². The van der Waals surface area contributed by atoms with Crippen molar-refractivity contribution in [2.45, 2.75) is 19.4 Å². The predicted octanol–water partition coefficient (Wildman–Crippen LogP) is 4.49. The van der Waals surface area contributed by atoms with Gasteiger partial charge in [0.2, 0.25) is 5.91 Å². The van der Waals surface area contributed by atoms with E-state index >= 15 is 0 Å². The molecular formula is C27H29FN2O4S. The van der Waals surface area contributed by atoms with E-state index in [1.54, 1.807) is 47.6 Å². The van der Waals surface area contributed by atoms with Gasteiger partial charge in [0.05, 0.1) is 12.6 Å². The van der Waals surface area contributed by atoms with E-state index in [0.717, 1.165) is 17.5 Å². The van der Waals surface area contributed by atoms with Crippen molar-refractivity contribution in [3.05, 3.63) is 87.4 Å². The van der Waals surface area contributed by atoms with Crippen LogP contribution in [0, 0.1) is 12.7 Å². The van der Waals surface area contributed by atoms with Crippen molar-refractivity contribution < 1.29 is 23.5 Å². The van der Waals surface area contributed by atoms with E-state index in [2.05, 4.69) is 0 Å². The Bertz CT molecular complexity index is 1180. The lowest BCUT2D eigenvalue weighted by Crippen LogP contribution is -2.48. The van der Waals surface area contributed by atoms with Gasteiger partial charge in [0, 0.05) is 30.6 Å². The van der Waals surface area contributed by atoms with Crippen molar-refractivity contribution in [3.63, 3.8) is 0 Å². The fraction of sp³-hybridized carbons (Fsp3) is 0.333. The Morgan fingerprint density at radius 2 is 2.00 bits per heavy atom. The lowest BCUT2D eigenvalue weighted by atomic mass is 10.0. The number of rotatable bonds is 9. The molecule has 0 saturated carbocycles. The first-order valence-electron chi connectivity index (χ1n) is 11.6. The van der Waals surface area contributed by atoms with Crippen LogP contribution in [0.1, 0.15) is 32.4 Å². The molecule has 0 fully saturated rings. The average Bonchev–Trinajstić information content (AvgIpc) is 3.34. The van der Waals surface area contributed by atoms with Crippen molar-refractivity contribution >= 4 is 23.2 Å². The number of thiophene rings is 1. The molecule has 6 nitrogen and oxygen atoms in total. The highest BCUT2D eigenvalue weighted by atomic mass is 32.1. The number of hydrogen-bond acceptors (Lipinski definition) is 5. The summed E-state index contributed by atoms with van der Waals surface area (Å²) in [4.78, 5) is 31.3. The molecular weight excluding hydrogens is 467 g/mol. The van der Waals surface area contributed by atoms with Crippen molar-refractivity contribution in [1.82, 2.24) is 9.80 Å². The summed E-state index contributed by atoms with van der Waals surface area (Å²) in [5.74, 6) is -0.688. The summed E-state index contributed by atoms with van der Waals surface area (Å²) < 4.78 is 25.2. The number of fused-ring (bicyclic) bond motifs is 1. The Kier molecular flexibility index (Phi) is 8.15. The minimum Gasteiger partial charge on any atom is -0.488 e. The average molecular weight is 497 g/mol. The minimum atomic E-state index is -0.443. The van der Waals surface area contributed by atoms with Gasteiger partial charge in [-0.2, -0.15) is 0 Å². The fourth-order valence-corrected chi connectivity index (χ4v) is 5.20. The Morgan fingerprint density at radius 3 is 2.77 bits per heavy atom. The molecule has 2 heterocycles. The second-order valence-corrected chi connectivity index (χ2v) is 9.48. The van der Waals surface area contributed by atoms with Gasteiger partial charge in [0.15, 0.2) is 11.6 Å². The molecule has 0 radical (unpaired) electrons. The maximum absolute atomic E-state index is 14.1. The van der Waals surface area contributed by atoms with E-state index in [0.29, 0.717) is 25.3 Å². The van der Waals surface area contributed by atoms with Gasteiger partial charge < -0.3 is 19.3 Å². The number of nitrogens with zero attached hydrogens (tertiary/aromatic N) is 2. The van der Waals surface area contributed by atoms with Crippen LogP contribution in [0.2, 0.25) is 0 Å². The highest BCUT2D eigenvalue weighted by molar-refractivity contribution is 7.10. The molecule has 35 heavy (non-hydrogen) atoms. The molecule has 0 N–H and O–H groups in total. The maximum Gasteiger partial charge on any atom is 0.254 e. The quantitative estimate of drug-likeness (QED) is 0.438. The first kappa shape index (κ1) is 24.9. The van der Waals surface area contributed by atoms with E-state index in [9.17, 15) is 14.0 Å². The van der Waals surface area contributed by atoms with Crippen LogP contribution in [0.5, 0.6) is 5.75 Å². The topological polar surface area (TPSA) is 59.1 Å². The number of ether oxygens (including phenoxy) is 2. The van der Waals surface area contributed by atoms with Crippen LogP contribution < -0.4 is 4.74 Å². The smallest absolute Gasteiger partial charge is 0.254 e. The first-order chi connectivity index (χ1) is 17.0. The number of aryl methyl sites for hydroxylation is 1. The number of benzene rings is 2. The SMILES string of the molecule is COCCN(CC(=O)N1CCc2sccc2C1COc1ccccc1F)C(=O)c1cccc(C)c1. The standard InChI is InChI=1S/C27H29FN2O4S/c1-19-6-5-7-20(16-19)27(32)29(13-14-33-2)17-26(31)30-12-10-25-21(11-15-35-25)23(30)18-34-24-9-4-3-8-22(24)28/h3-9,11,15-16,23H,10,12-14,17-18H2,1-2H3. The Balaban J connectivity index is 1.53. The van der Waals surface area contributed by atoms with Crippen LogP contribution in [0.4, 0.5) is 4.39 Å². The normalized spacial score (nSPS) is 14.9. The van der Waals surface area contributed by atoms with Gasteiger partial charge in [-0.15, -0.1) is 11.3 Å². The molecule has 184 valence electrons. The van der Waals surface area contributed by atoms with Crippen LogP contribution in [-0.4, -0.2) is 61.6 Å². The van der Waals surface area contributed by atoms with Crippen molar-refractivity contribution in [3.8, 4) is 5.75 Å². The van der Waals surface area contributed by atoms with Crippen LogP contribution in [-0.2, 0) is 16.0 Å². The lowest BCUT2D eigenvalue weighted by Gasteiger charge is -2.37. The summed E-state index contributed by atoms with van der Waals surface area (Å²) >= 11 is 1.65. The largest absolute Gasteiger partial charge is 0.488 e. The fourth-order valence-electron chi connectivity index (χ4n) is 4.27. The van der Waals surface area contributed by atoms with E-state index in [1.807, 2.05) is 36.6 Å². The number of amides is 2. The molecule has 0 saturated heterocycles. The second kappa shape index (κ2) is 11.5. The van der Waals surface area contributed by atoms with Gasteiger partial charge in [-0.1, -0.05) is 29.8 Å². The summed E-state index contributed by atoms with van der Waals surface area (Å²) in [5.41, 5.74) is 2.52. The monoisotopic (exact) mass is 496 g/mol. The molecule has 0 bridgehead atoms. The molecule has 2 amide bonds. The number of hydrogen-bond donors (Lipinski definition) is 0. The molecule has 1 aliphatic rings. The van der Waals surface area contributed by atoms with Gasteiger partial charge >= 0.3 is 0 Å². The van der Waals surface area contributed by atoms with Crippen LogP contribution in [0.3, 0.4) is 0 Å². The zero-order valence-corrected chi connectivity index (χ0v) is 20.7. The number of carbonyl (C=O) groups is 2. The minimum absolute atomic E-state index is 0.0776. The van der Waals surface area contributed by atoms with Gasteiger partial charge in [-0.3, -0.25) is 9.59 Å².